The second-order valence-corrected chi connectivity index (χ2v) is 3.95. The highest BCUT2D eigenvalue weighted by atomic mass is 16.5. The predicted molar refractivity (Wildman–Crippen MR) is 69.3 cm³/mol. The van der Waals surface area contributed by atoms with Crippen molar-refractivity contribution < 1.29 is 4.74 Å². The number of rotatable bonds is 5. The lowest BCUT2D eigenvalue weighted by atomic mass is 10.2. The molecule has 0 aliphatic rings. The molecule has 2 heteroatoms. The standard InChI is InChI=1S/C15H17NO/c1-2-13-3-5-15(6-4-13)17-12-9-14-7-10-16-11-8-14/h3-8,10-11H,2,9,12H2,1H3. The van der Waals surface area contributed by atoms with Gasteiger partial charge < -0.3 is 4.74 Å². The Morgan fingerprint density at radius 3 is 2.29 bits per heavy atom. The Labute approximate surface area is 102 Å². The van der Waals surface area contributed by atoms with Crippen molar-refractivity contribution in [3.05, 3.63) is 59.9 Å². The van der Waals surface area contributed by atoms with Crippen LogP contribution < -0.4 is 4.74 Å². The normalized spacial score (nSPS) is 10.2. The highest BCUT2D eigenvalue weighted by molar-refractivity contribution is 5.27. The van der Waals surface area contributed by atoms with Gasteiger partial charge in [-0.15, -0.1) is 0 Å². The van der Waals surface area contributed by atoms with Gasteiger partial charge in [-0.2, -0.15) is 0 Å². The summed E-state index contributed by atoms with van der Waals surface area (Å²) in [6.07, 6.45) is 5.60. The molecule has 0 saturated carbocycles. The van der Waals surface area contributed by atoms with Crippen LogP contribution in [0.2, 0.25) is 0 Å². The zero-order valence-corrected chi connectivity index (χ0v) is 10.1. The molecule has 0 amide bonds. The molecule has 0 fully saturated rings. The minimum Gasteiger partial charge on any atom is -0.493 e. The van der Waals surface area contributed by atoms with Crippen molar-refractivity contribution in [1.29, 1.82) is 0 Å². The van der Waals surface area contributed by atoms with E-state index in [1.807, 2.05) is 36.7 Å². The smallest absolute Gasteiger partial charge is 0.119 e. The highest BCUT2D eigenvalue weighted by Gasteiger charge is 1.95. The molecule has 0 unspecified atom stereocenters. The van der Waals surface area contributed by atoms with Crippen molar-refractivity contribution in [1.82, 2.24) is 4.98 Å². The van der Waals surface area contributed by atoms with E-state index in [4.69, 9.17) is 4.74 Å². The fourth-order valence-electron chi connectivity index (χ4n) is 1.66. The van der Waals surface area contributed by atoms with Gasteiger partial charge in [0.25, 0.3) is 0 Å². The maximum absolute atomic E-state index is 5.69. The van der Waals surface area contributed by atoms with E-state index in [0.29, 0.717) is 6.61 Å². The monoisotopic (exact) mass is 227 g/mol. The Hall–Kier alpha value is -1.83. The quantitative estimate of drug-likeness (QED) is 0.782. The summed E-state index contributed by atoms with van der Waals surface area (Å²) in [6.45, 7) is 2.86. The van der Waals surface area contributed by atoms with E-state index in [2.05, 4.69) is 24.0 Å². The topological polar surface area (TPSA) is 22.1 Å². The molecule has 0 spiro atoms. The summed E-state index contributed by atoms with van der Waals surface area (Å²) in [5.74, 6) is 0.941. The Bertz CT molecular complexity index is 436. The number of aromatic nitrogens is 1. The number of benzene rings is 1. The van der Waals surface area contributed by atoms with Crippen molar-refractivity contribution in [3.8, 4) is 5.75 Å². The van der Waals surface area contributed by atoms with E-state index in [9.17, 15) is 0 Å². The van der Waals surface area contributed by atoms with E-state index in [1.165, 1.54) is 11.1 Å². The summed E-state index contributed by atoms with van der Waals surface area (Å²) in [5.41, 5.74) is 2.59. The first-order valence-corrected chi connectivity index (χ1v) is 5.99. The predicted octanol–water partition coefficient (Wildman–Crippen LogP) is 3.27. The zero-order chi connectivity index (χ0) is 11.9. The molecule has 2 rings (SSSR count). The maximum atomic E-state index is 5.69. The minimum atomic E-state index is 0.704. The molecule has 0 atom stereocenters. The lowest BCUT2D eigenvalue weighted by Crippen LogP contribution is -2.01. The van der Waals surface area contributed by atoms with Crippen LogP contribution >= 0.6 is 0 Å². The fraction of sp³-hybridized carbons (Fsp3) is 0.267. The van der Waals surface area contributed by atoms with Crippen LogP contribution in [-0.4, -0.2) is 11.6 Å². The molecule has 1 heterocycles. The molecule has 2 aromatic rings. The Kier molecular flexibility index (Phi) is 4.14. The minimum absolute atomic E-state index is 0.704. The largest absolute Gasteiger partial charge is 0.493 e. The molecule has 1 aromatic heterocycles. The van der Waals surface area contributed by atoms with Gasteiger partial charge in [0.2, 0.25) is 0 Å². The first-order valence-electron chi connectivity index (χ1n) is 5.99. The second-order valence-electron chi connectivity index (χ2n) is 3.95. The molecule has 0 saturated heterocycles. The number of aryl methyl sites for hydroxylation is 1. The molecule has 17 heavy (non-hydrogen) atoms. The van der Waals surface area contributed by atoms with Gasteiger partial charge in [-0.25, -0.2) is 0 Å². The fourth-order valence-corrected chi connectivity index (χ4v) is 1.66. The van der Waals surface area contributed by atoms with Gasteiger partial charge in [-0.05, 0) is 41.8 Å². The summed E-state index contributed by atoms with van der Waals surface area (Å²) >= 11 is 0. The second kappa shape index (κ2) is 6.04. The van der Waals surface area contributed by atoms with Gasteiger partial charge >= 0.3 is 0 Å². The van der Waals surface area contributed by atoms with Gasteiger partial charge in [-0.1, -0.05) is 19.1 Å². The van der Waals surface area contributed by atoms with E-state index < -0.39 is 0 Å². The van der Waals surface area contributed by atoms with E-state index in [0.717, 1.165) is 18.6 Å². The molecule has 0 radical (unpaired) electrons. The van der Waals surface area contributed by atoms with Crippen molar-refractivity contribution >= 4 is 0 Å². The molecule has 0 aliphatic heterocycles. The van der Waals surface area contributed by atoms with Gasteiger partial charge in [0.15, 0.2) is 0 Å². The molecule has 0 bridgehead atoms. The van der Waals surface area contributed by atoms with Crippen LogP contribution in [0.4, 0.5) is 0 Å². The van der Waals surface area contributed by atoms with Crippen LogP contribution in [0, 0.1) is 0 Å². The van der Waals surface area contributed by atoms with Crippen molar-refractivity contribution in [3.63, 3.8) is 0 Å². The number of nitrogens with zero attached hydrogens (tertiary/aromatic N) is 1. The third-order valence-corrected chi connectivity index (χ3v) is 2.74. The molecule has 0 N–H and O–H groups in total. The molecule has 1 aromatic carbocycles. The Balaban J connectivity index is 1.82. The number of pyridine rings is 1. The van der Waals surface area contributed by atoms with E-state index in [-0.39, 0.29) is 0 Å². The lowest BCUT2D eigenvalue weighted by Gasteiger charge is -2.06. The van der Waals surface area contributed by atoms with Crippen molar-refractivity contribution in [2.75, 3.05) is 6.61 Å². The number of hydrogen-bond acceptors (Lipinski definition) is 2. The Morgan fingerprint density at radius 1 is 0.941 bits per heavy atom. The molecular formula is C15H17NO. The van der Waals surface area contributed by atoms with Crippen LogP contribution in [0.5, 0.6) is 5.75 Å². The molecular weight excluding hydrogens is 210 g/mol. The summed E-state index contributed by atoms with van der Waals surface area (Å²) in [7, 11) is 0. The van der Waals surface area contributed by atoms with Crippen molar-refractivity contribution in [2.24, 2.45) is 0 Å². The first-order chi connectivity index (χ1) is 8.38. The average Bonchev–Trinajstić information content (AvgIpc) is 2.41. The third kappa shape index (κ3) is 3.59. The van der Waals surface area contributed by atoms with Crippen LogP contribution in [0.15, 0.2) is 48.8 Å². The summed E-state index contributed by atoms with van der Waals surface area (Å²) in [6, 6.07) is 12.3. The molecule has 2 nitrogen and oxygen atoms in total. The third-order valence-electron chi connectivity index (χ3n) is 2.74. The Morgan fingerprint density at radius 2 is 1.65 bits per heavy atom. The maximum Gasteiger partial charge on any atom is 0.119 e. The van der Waals surface area contributed by atoms with Gasteiger partial charge in [0.1, 0.15) is 5.75 Å². The van der Waals surface area contributed by atoms with Crippen LogP contribution in [0.1, 0.15) is 18.1 Å². The van der Waals surface area contributed by atoms with Gasteiger partial charge in [0, 0.05) is 18.8 Å². The zero-order valence-electron chi connectivity index (χ0n) is 10.1. The van der Waals surface area contributed by atoms with Crippen molar-refractivity contribution in [2.45, 2.75) is 19.8 Å². The summed E-state index contributed by atoms with van der Waals surface area (Å²) in [5, 5.41) is 0. The lowest BCUT2D eigenvalue weighted by molar-refractivity contribution is 0.322. The van der Waals surface area contributed by atoms with E-state index in [1.54, 1.807) is 0 Å². The number of hydrogen-bond donors (Lipinski definition) is 0. The highest BCUT2D eigenvalue weighted by Crippen LogP contribution is 2.12. The summed E-state index contributed by atoms with van der Waals surface area (Å²) < 4.78 is 5.69. The van der Waals surface area contributed by atoms with Crippen LogP contribution in [0.3, 0.4) is 0 Å². The molecule has 0 aliphatic carbocycles. The van der Waals surface area contributed by atoms with Gasteiger partial charge in [-0.3, -0.25) is 4.98 Å². The van der Waals surface area contributed by atoms with Crippen LogP contribution in [-0.2, 0) is 12.8 Å². The summed E-state index contributed by atoms with van der Waals surface area (Å²) in [4.78, 5) is 3.99. The van der Waals surface area contributed by atoms with Gasteiger partial charge in [0.05, 0.1) is 6.61 Å². The average molecular weight is 227 g/mol. The number of ether oxygens (including phenoxy) is 1. The van der Waals surface area contributed by atoms with E-state index >= 15 is 0 Å². The van der Waals surface area contributed by atoms with Crippen LogP contribution in [0.25, 0.3) is 0 Å². The molecule has 88 valence electrons. The SMILES string of the molecule is CCc1ccc(OCCc2ccncc2)cc1. The first kappa shape index (κ1) is 11.6.